The van der Waals surface area contributed by atoms with E-state index >= 15 is 0 Å². The Kier molecular flexibility index (Phi) is 4.17. The number of urea groups is 1. The molecule has 24 heavy (non-hydrogen) atoms. The fourth-order valence-electron chi connectivity index (χ4n) is 3.85. The number of aliphatic carboxylic acids is 1. The highest BCUT2D eigenvalue weighted by atomic mass is 16.4. The molecule has 2 atom stereocenters. The maximum Gasteiger partial charge on any atom is 0.335 e. The number of carbonyl (C=O) groups is 3. The summed E-state index contributed by atoms with van der Waals surface area (Å²) in [5, 5.41) is 21.2. The number of fused-ring (bicyclic) bond motifs is 1. The number of rotatable bonds is 4. The number of amides is 2. The molecule has 7 nitrogen and oxygen atoms in total. The molecule has 0 aromatic heterocycles. The third kappa shape index (κ3) is 2.81. The predicted molar refractivity (Wildman–Crippen MR) is 84.6 cm³/mol. The summed E-state index contributed by atoms with van der Waals surface area (Å²) in [7, 11) is 0. The highest BCUT2D eigenvalue weighted by Crippen LogP contribution is 2.48. The van der Waals surface area contributed by atoms with Crippen molar-refractivity contribution in [2.75, 3.05) is 13.1 Å². The normalized spacial score (nSPS) is 25.3. The molecule has 7 heteroatoms. The summed E-state index contributed by atoms with van der Waals surface area (Å²) in [6, 6.07) is 6.02. The van der Waals surface area contributed by atoms with Crippen molar-refractivity contribution in [1.82, 2.24) is 10.2 Å². The molecule has 2 fully saturated rings. The van der Waals surface area contributed by atoms with E-state index in [4.69, 9.17) is 5.11 Å². The zero-order valence-electron chi connectivity index (χ0n) is 13.2. The molecule has 1 heterocycles. The van der Waals surface area contributed by atoms with Gasteiger partial charge in [-0.1, -0.05) is 18.6 Å². The molecule has 3 N–H and O–H groups in total. The number of nitrogens with zero attached hydrogens (tertiary/aromatic N) is 1. The summed E-state index contributed by atoms with van der Waals surface area (Å²) in [5.41, 5.74) is 0.210. The van der Waals surface area contributed by atoms with Gasteiger partial charge in [0.2, 0.25) is 0 Å². The number of likely N-dealkylation sites (tertiary alicyclic amines) is 1. The zero-order valence-corrected chi connectivity index (χ0v) is 13.2. The van der Waals surface area contributed by atoms with Gasteiger partial charge < -0.3 is 20.4 Å². The maximum absolute atomic E-state index is 12.3. The Morgan fingerprint density at radius 2 is 1.92 bits per heavy atom. The first-order chi connectivity index (χ1) is 11.4. The van der Waals surface area contributed by atoms with Crippen molar-refractivity contribution in [3.05, 3.63) is 35.4 Å². The van der Waals surface area contributed by atoms with Crippen LogP contribution in [0.25, 0.3) is 0 Å². The van der Waals surface area contributed by atoms with Gasteiger partial charge in [-0.25, -0.2) is 9.59 Å². The minimum absolute atomic E-state index is 0.0376. The molecule has 1 saturated carbocycles. The van der Waals surface area contributed by atoms with E-state index < -0.39 is 17.4 Å². The number of hydrogen-bond donors (Lipinski definition) is 3. The van der Waals surface area contributed by atoms with Crippen molar-refractivity contribution in [1.29, 1.82) is 0 Å². The zero-order chi connectivity index (χ0) is 17.3. The van der Waals surface area contributed by atoms with Crippen LogP contribution in [0.4, 0.5) is 4.79 Å². The van der Waals surface area contributed by atoms with Crippen LogP contribution in [0.15, 0.2) is 24.3 Å². The summed E-state index contributed by atoms with van der Waals surface area (Å²) in [6.45, 7) is 1.02. The van der Waals surface area contributed by atoms with Gasteiger partial charge in [0, 0.05) is 19.6 Å². The van der Waals surface area contributed by atoms with Crippen LogP contribution < -0.4 is 5.32 Å². The summed E-state index contributed by atoms with van der Waals surface area (Å²) in [4.78, 5) is 36.3. The summed E-state index contributed by atoms with van der Waals surface area (Å²) >= 11 is 0. The van der Waals surface area contributed by atoms with Gasteiger partial charge in [0.1, 0.15) is 0 Å². The van der Waals surface area contributed by atoms with E-state index in [0.29, 0.717) is 13.0 Å². The second-order valence-electron chi connectivity index (χ2n) is 6.59. The van der Waals surface area contributed by atoms with Crippen molar-refractivity contribution in [2.24, 2.45) is 11.3 Å². The molecule has 2 amide bonds. The van der Waals surface area contributed by atoms with Crippen LogP contribution in [0.5, 0.6) is 0 Å². The largest absolute Gasteiger partial charge is 0.481 e. The van der Waals surface area contributed by atoms with E-state index in [1.807, 2.05) is 0 Å². The molecular weight excluding hydrogens is 312 g/mol. The Balaban J connectivity index is 1.58. The molecule has 1 aliphatic carbocycles. The molecule has 0 unspecified atom stereocenters. The number of hydrogen-bond acceptors (Lipinski definition) is 3. The van der Waals surface area contributed by atoms with Crippen LogP contribution in [0.3, 0.4) is 0 Å². The Labute approximate surface area is 139 Å². The number of aromatic carboxylic acids is 1. The SMILES string of the molecule is O=C(O)c1ccc(CNC(=O)N2C[C@@H]3CCC[C@@]3(C(=O)O)C2)cc1. The molecule has 0 bridgehead atoms. The molecule has 1 aromatic rings. The maximum atomic E-state index is 12.3. The fraction of sp³-hybridized carbons (Fsp3) is 0.471. The quantitative estimate of drug-likeness (QED) is 0.779. The lowest BCUT2D eigenvalue weighted by molar-refractivity contribution is -0.149. The average Bonchev–Trinajstić information content (AvgIpc) is 3.11. The lowest BCUT2D eigenvalue weighted by Gasteiger charge is -2.23. The third-order valence-electron chi connectivity index (χ3n) is 5.23. The smallest absolute Gasteiger partial charge is 0.335 e. The van der Waals surface area contributed by atoms with E-state index in [1.54, 1.807) is 17.0 Å². The van der Waals surface area contributed by atoms with E-state index in [-0.39, 0.29) is 30.6 Å². The van der Waals surface area contributed by atoms with Gasteiger partial charge in [-0.3, -0.25) is 4.79 Å². The number of benzene rings is 1. The van der Waals surface area contributed by atoms with Gasteiger partial charge in [0.05, 0.1) is 11.0 Å². The van der Waals surface area contributed by atoms with Crippen LogP contribution in [0.2, 0.25) is 0 Å². The average molecular weight is 332 g/mol. The summed E-state index contributed by atoms with van der Waals surface area (Å²) in [5.74, 6) is -1.76. The van der Waals surface area contributed by atoms with Gasteiger partial charge in [-0.15, -0.1) is 0 Å². The first-order valence-corrected chi connectivity index (χ1v) is 8.01. The number of nitrogens with one attached hydrogen (secondary N) is 1. The van der Waals surface area contributed by atoms with Crippen molar-refractivity contribution >= 4 is 18.0 Å². The Morgan fingerprint density at radius 1 is 1.21 bits per heavy atom. The van der Waals surface area contributed by atoms with Crippen LogP contribution in [-0.4, -0.2) is 46.2 Å². The Hall–Kier alpha value is -2.57. The molecule has 1 aliphatic heterocycles. The number of carbonyl (C=O) groups excluding carboxylic acids is 1. The van der Waals surface area contributed by atoms with E-state index in [9.17, 15) is 19.5 Å². The van der Waals surface area contributed by atoms with Crippen LogP contribution in [0.1, 0.15) is 35.2 Å². The van der Waals surface area contributed by atoms with Gasteiger partial charge in [-0.2, -0.15) is 0 Å². The fourth-order valence-corrected chi connectivity index (χ4v) is 3.85. The monoisotopic (exact) mass is 332 g/mol. The Morgan fingerprint density at radius 3 is 2.50 bits per heavy atom. The molecule has 1 aromatic carbocycles. The second kappa shape index (κ2) is 6.14. The molecule has 128 valence electrons. The molecule has 0 radical (unpaired) electrons. The Bertz CT molecular complexity index is 672. The summed E-state index contributed by atoms with van der Waals surface area (Å²) in [6.07, 6.45) is 2.39. The van der Waals surface area contributed by atoms with Crippen LogP contribution >= 0.6 is 0 Å². The number of carboxylic acid groups (broad SMARTS) is 2. The highest BCUT2D eigenvalue weighted by molar-refractivity contribution is 5.87. The third-order valence-corrected chi connectivity index (χ3v) is 5.23. The van der Waals surface area contributed by atoms with Crippen molar-refractivity contribution in [2.45, 2.75) is 25.8 Å². The standard InChI is InChI=1S/C17H20N2O5/c20-14(21)12-5-3-11(4-6-12)8-18-16(24)19-9-13-2-1-7-17(13,10-19)15(22)23/h3-6,13H,1-2,7-10H2,(H,18,24)(H,20,21)(H,22,23)/t13-,17+/m0/s1. The van der Waals surface area contributed by atoms with Gasteiger partial charge >= 0.3 is 18.0 Å². The van der Waals surface area contributed by atoms with Gasteiger partial charge in [0.15, 0.2) is 0 Å². The molecule has 2 aliphatic rings. The predicted octanol–water partition coefficient (Wildman–Crippen LogP) is 1.78. The first kappa shape index (κ1) is 16.3. The minimum atomic E-state index is -0.992. The minimum Gasteiger partial charge on any atom is -0.481 e. The van der Waals surface area contributed by atoms with Gasteiger partial charge in [-0.05, 0) is 36.5 Å². The number of carboxylic acids is 2. The second-order valence-corrected chi connectivity index (χ2v) is 6.59. The van der Waals surface area contributed by atoms with Crippen molar-refractivity contribution < 1.29 is 24.6 Å². The van der Waals surface area contributed by atoms with Crippen molar-refractivity contribution in [3.8, 4) is 0 Å². The van der Waals surface area contributed by atoms with E-state index in [1.165, 1.54) is 12.1 Å². The molecule has 3 rings (SSSR count). The topological polar surface area (TPSA) is 107 Å². The van der Waals surface area contributed by atoms with Crippen LogP contribution in [0, 0.1) is 11.3 Å². The van der Waals surface area contributed by atoms with E-state index in [0.717, 1.165) is 18.4 Å². The highest BCUT2D eigenvalue weighted by Gasteiger charge is 2.55. The van der Waals surface area contributed by atoms with Crippen LogP contribution in [-0.2, 0) is 11.3 Å². The summed E-state index contributed by atoms with van der Waals surface area (Å²) < 4.78 is 0. The molecule has 1 saturated heterocycles. The first-order valence-electron chi connectivity index (χ1n) is 8.01. The molecule has 0 spiro atoms. The lowest BCUT2D eigenvalue weighted by atomic mass is 9.81. The lowest BCUT2D eigenvalue weighted by Crippen LogP contribution is -2.41. The molecular formula is C17H20N2O5. The van der Waals surface area contributed by atoms with Gasteiger partial charge in [0.25, 0.3) is 0 Å². The van der Waals surface area contributed by atoms with E-state index in [2.05, 4.69) is 5.32 Å². The van der Waals surface area contributed by atoms with Crippen molar-refractivity contribution in [3.63, 3.8) is 0 Å².